The maximum Gasteiger partial charge on any atom is 0.0718 e. The molecule has 10 aromatic rings. The van der Waals surface area contributed by atoms with Gasteiger partial charge in [-0.1, -0.05) is 140 Å². The van der Waals surface area contributed by atoms with E-state index in [1.807, 2.05) is 22.7 Å². The zero-order chi connectivity index (χ0) is 32.3. The molecular weight excluding hydrogens is 631 g/mol. The Labute approximate surface area is 292 Å². The molecule has 0 aliphatic carbocycles. The third kappa shape index (κ3) is 4.58. The molecule has 0 unspecified atom stereocenters. The molecule has 0 spiro atoms. The van der Waals surface area contributed by atoms with Crippen molar-refractivity contribution in [2.24, 2.45) is 0 Å². The average molecular weight is 660 g/mol. The van der Waals surface area contributed by atoms with Gasteiger partial charge in [-0.25, -0.2) is 0 Å². The minimum absolute atomic E-state index is 1.15. The van der Waals surface area contributed by atoms with E-state index in [9.17, 15) is 0 Å². The molecule has 0 amide bonds. The Kier molecular flexibility index (Phi) is 6.61. The summed E-state index contributed by atoms with van der Waals surface area (Å²) in [5.74, 6) is 0. The first kappa shape index (κ1) is 28.3. The van der Waals surface area contributed by atoms with Crippen molar-refractivity contribution in [3.8, 4) is 22.3 Å². The Morgan fingerprint density at radius 1 is 0.347 bits per heavy atom. The maximum absolute atomic E-state index is 2.54. The van der Waals surface area contributed by atoms with Crippen LogP contribution in [0.3, 0.4) is 0 Å². The third-order valence-corrected chi connectivity index (χ3v) is 12.0. The number of hydrogen-bond acceptors (Lipinski definition) is 3. The van der Waals surface area contributed by atoms with Gasteiger partial charge >= 0.3 is 0 Å². The van der Waals surface area contributed by atoms with Gasteiger partial charge in [0.15, 0.2) is 0 Å². The summed E-state index contributed by atoms with van der Waals surface area (Å²) in [4.78, 5) is 2.54. The van der Waals surface area contributed by atoms with E-state index in [0.717, 1.165) is 11.4 Å². The van der Waals surface area contributed by atoms with E-state index in [-0.39, 0.29) is 0 Å². The zero-order valence-electron chi connectivity index (χ0n) is 26.5. The summed E-state index contributed by atoms with van der Waals surface area (Å²) < 4.78 is 5.20. The molecule has 0 fully saturated rings. The van der Waals surface area contributed by atoms with Gasteiger partial charge in [0, 0.05) is 52.3 Å². The molecule has 2 heterocycles. The molecule has 2 aromatic heterocycles. The van der Waals surface area contributed by atoms with Crippen molar-refractivity contribution in [3.05, 3.63) is 176 Å². The summed E-state index contributed by atoms with van der Waals surface area (Å²) in [6.45, 7) is 0. The number of thiophene rings is 2. The van der Waals surface area contributed by atoms with Gasteiger partial charge in [-0.15, -0.1) is 22.7 Å². The standard InChI is InChI=1S/C46H29NS2/c1-3-13-30(14-4-1)33-26-27-41(36-18-8-7-17-35(33)36)47(32-23-28-44-40(29-32)38-20-10-11-21-42(38)48-44)45-34(31-15-5-2-6-16-31)24-25-39-37-19-9-12-22-43(37)49-46(39)45/h1-29H. The molecule has 0 radical (unpaired) electrons. The number of benzene rings is 8. The summed E-state index contributed by atoms with van der Waals surface area (Å²) in [6, 6.07) is 64.5. The molecule has 0 aliphatic rings. The predicted octanol–water partition coefficient (Wildman–Crippen LogP) is 14.4. The van der Waals surface area contributed by atoms with E-state index in [2.05, 4.69) is 181 Å². The number of anilines is 3. The van der Waals surface area contributed by atoms with Crippen molar-refractivity contribution in [2.75, 3.05) is 4.90 Å². The fraction of sp³-hybridized carbons (Fsp3) is 0. The lowest BCUT2D eigenvalue weighted by atomic mass is 9.95. The fourth-order valence-corrected chi connectivity index (χ4v) is 9.76. The smallest absolute Gasteiger partial charge is 0.0718 e. The van der Waals surface area contributed by atoms with Gasteiger partial charge in [-0.2, -0.15) is 0 Å². The SMILES string of the molecule is c1ccc(-c2ccc3c(sc4ccccc43)c2N(c2ccc3sc4ccccc4c3c2)c2ccc(-c3ccccc3)c3ccccc23)cc1. The normalized spacial score (nSPS) is 11.7. The maximum atomic E-state index is 2.54. The molecular formula is C46H29NS2. The van der Waals surface area contributed by atoms with E-state index < -0.39 is 0 Å². The fourth-order valence-electron chi connectivity index (χ4n) is 7.44. The molecule has 0 N–H and O–H groups in total. The second-order valence-electron chi connectivity index (χ2n) is 12.5. The minimum atomic E-state index is 1.15. The van der Waals surface area contributed by atoms with Crippen LogP contribution < -0.4 is 4.90 Å². The van der Waals surface area contributed by atoms with Crippen molar-refractivity contribution in [1.82, 2.24) is 0 Å². The number of rotatable bonds is 5. The van der Waals surface area contributed by atoms with Gasteiger partial charge < -0.3 is 4.90 Å². The van der Waals surface area contributed by atoms with E-state index in [1.54, 1.807) is 0 Å². The van der Waals surface area contributed by atoms with Crippen LogP contribution >= 0.6 is 22.7 Å². The lowest BCUT2D eigenvalue weighted by molar-refractivity contribution is 1.32. The summed E-state index contributed by atoms with van der Waals surface area (Å²) in [5.41, 5.74) is 8.40. The summed E-state index contributed by atoms with van der Waals surface area (Å²) in [5, 5.41) is 7.63. The molecule has 0 atom stereocenters. The van der Waals surface area contributed by atoms with Gasteiger partial charge in [-0.05, 0) is 58.5 Å². The summed E-state index contributed by atoms with van der Waals surface area (Å²) in [7, 11) is 0. The van der Waals surface area contributed by atoms with Crippen molar-refractivity contribution < 1.29 is 0 Å². The van der Waals surface area contributed by atoms with Crippen molar-refractivity contribution in [2.45, 2.75) is 0 Å². The van der Waals surface area contributed by atoms with E-state index in [4.69, 9.17) is 0 Å². The molecule has 0 saturated carbocycles. The van der Waals surface area contributed by atoms with Crippen LogP contribution in [0.1, 0.15) is 0 Å². The van der Waals surface area contributed by atoms with Crippen LogP contribution in [0.5, 0.6) is 0 Å². The Hall–Kier alpha value is -5.74. The molecule has 0 aliphatic heterocycles. The van der Waals surface area contributed by atoms with Crippen LogP contribution in [-0.2, 0) is 0 Å². The molecule has 0 bridgehead atoms. The molecule has 0 saturated heterocycles. The monoisotopic (exact) mass is 659 g/mol. The van der Waals surface area contributed by atoms with Crippen LogP contribution in [0.2, 0.25) is 0 Å². The molecule has 3 heteroatoms. The van der Waals surface area contributed by atoms with Gasteiger partial charge in [0.05, 0.1) is 16.1 Å². The topological polar surface area (TPSA) is 3.24 Å². The van der Waals surface area contributed by atoms with E-state index >= 15 is 0 Å². The lowest BCUT2D eigenvalue weighted by Gasteiger charge is -2.30. The van der Waals surface area contributed by atoms with E-state index in [1.165, 1.54) is 79.1 Å². The second kappa shape index (κ2) is 11.5. The zero-order valence-corrected chi connectivity index (χ0v) is 28.1. The highest BCUT2D eigenvalue weighted by atomic mass is 32.1. The Bertz CT molecular complexity index is 2830. The highest BCUT2D eigenvalue weighted by molar-refractivity contribution is 7.26. The second-order valence-corrected chi connectivity index (χ2v) is 14.6. The van der Waals surface area contributed by atoms with Crippen molar-refractivity contribution in [1.29, 1.82) is 0 Å². The Balaban J connectivity index is 1.35. The van der Waals surface area contributed by atoms with Crippen LogP contribution in [-0.4, -0.2) is 0 Å². The van der Waals surface area contributed by atoms with Crippen LogP contribution in [0.25, 0.3) is 73.4 Å². The molecule has 49 heavy (non-hydrogen) atoms. The quantitative estimate of drug-likeness (QED) is 0.178. The van der Waals surface area contributed by atoms with Crippen LogP contribution in [0.15, 0.2) is 176 Å². The number of nitrogens with zero attached hydrogens (tertiary/aromatic N) is 1. The van der Waals surface area contributed by atoms with Crippen LogP contribution in [0, 0.1) is 0 Å². The number of hydrogen-bond donors (Lipinski definition) is 0. The molecule has 1 nitrogen and oxygen atoms in total. The molecule has 230 valence electrons. The highest BCUT2D eigenvalue weighted by Gasteiger charge is 2.25. The molecule has 8 aromatic carbocycles. The van der Waals surface area contributed by atoms with Gasteiger partial charge in [0.2, 0.25) is 0 Å². The first-order chi connectivity index (χ1) is 24.3. The van der Waals surface area contributed by atoms with Crippen LogP contribution in [0.4, 0.5) is 17.1 Å². The summed E-state index contributed by atoms with van der Waals surface area (Å²) >= 11 is 3.75. The first-order valence-corrected chi connectivity index (χ1v) is 18.2. The first-order valence-electron chi connectivity index (χ1n) is 16.6. The minimum Gasteiger partial charge on any atom is -0.308 e. The van der Waals surface area contributed by atoms with Gasteiger partial charge in [0.25, 0.3) is 0 Å². The lowest BCUT2D eigenvalue weighted by Crippen LogP contribution is -2.12. The predicted molar refractivity (Wildman–Crippen MR) is 215 cm³/mol. The van der Waals surface area contributed by atoms with Crippen molar-refractivity contribution in [3.63, 3.8) is 0 Å². The highest BCUT2D eigenvalue weighted by Crippen LogP contribution is 2.52. The number of fused-ring (bicyclic) bond motifs is 7. The van der Waals surface area contributed by atoms with Crippen molar-refractivity contribution >= 4 is 90.9 Å². The van der Waals surface area contributed by atoms with Gasteiger partial charge in [-0.3, -0.25) is 0 Å². The largest absolute Gasteiger partial charge is 0.308 e. The molecule has 10 rings (SSSR count). The Morgan fingerprint density at radius 2 is 0.898 bits per heavy atom. The van der Waals surface area contributed by atoms with Gasteiger partial charge in [0.1, 0.15) is 0 Å². The average Bonchev–Trinajstić information content (AvgIpc) is 3.74. The van der Waals surface area contributed by atoms with E-state index in [0.29, 0.717) is 0 Å². The third-order valence-electron chi connectivity index (χ3n) is 9.67. The summed E-state index contributed by atoms with van der Waals surface area (Å²) in [6.07, 6.45) is 0. The Morgan fingerprint density at radius 3 is 1.63 bits per heavy atom.